The Bertz CT molecular complexity index is 1570. The predicted octanol–water partition coefficient (Wildman–Crippen LogP) is 6.85. The van der Waals surface area contributed by atoms with Gasteiger partial charge in [-0.3, -0.25) is 10.1 Å². The zero-order chi connectivity index (χ0) is 22.4. The molecule has 162 valence electrons. The molecule has 0 fully saturated rings. The van der Waals surface area contributed by atoms with Gasteiger partial charge in [-0.1, -0.05) is 18.2 Å². The van der Waals surface area contributed by atoms with Gasteiger partial charge in [0, 0.05) is 45.9 Å². The van der Waals surface area contributed by atoms with E-state index in [1.54, 1.807) is 12.5 Å². The highest BCUT2D eigenvalue weighted by molar-refractivity contribution is 6.01. The van der Waals surface area contributed by atoms with Crippen LogP contribution in [0.25, 0.3) is 55.4 Å². The fourth-order valence-corrected chi connectivity index (χ4v) is 4.36. The number of nitrogens with zero attached hydrogens (tertiary/aromatic N) is 2. The fraction of sp³-hybridized carbons (Fsp3) is 0.111. The third kappa shape index (κ3) is 3.46. The highest BCUT2D eigenvalue weighted by Crippen LogP contribution is 2.35. The molecular formula is C27H23N5O. The van der Waals surface area contributed by atoms with Gasteiger partial charge in [0.2, 0.25) is 0 Å². The fourth-order valence-electron chi connectivity index (χ4n) is 4.36. The topological polar surface area (TPSA) is 82.5 Å². The van der Waals surface area contributed by atoms with E-state index in [2.05, 4.69) is 87.9 Å². The Kier molecular flexibility index (Phi) is 4.50. The first-order chi connectivity index (χ1) is 16.2. The minimum absolute atomic E-state index is 0.346. The zero-order valence-electron chi connectivity index (χ0n) is 18.4. The first-order valence-corrected chi connectivity index (χ1v) is 11.0. The third-order valence-electron chi connectivity index (χ3n) is 5.84. The number of anilines is 1. The predicted molar refractivity (Wildman–Crippen MR) is 133 cm³/mol. The van der Waals surface area contributed by atoms with Crippen LogP contribution in [-0.2, 0) is 0 Å². The monoisotopic (exact) mass is 433 g/mol. The molecule has 6 rings (SSSR count). The van der Waals surface area contributed by atoms with Crippen molar-refractivity contribution in [1.82, 2.24) is 20.2 Å². The lowest BCUT2D eigenvalue weighted by atomic mass is 10.0. The van der Waals surface area contributed by atoms with Crippen LogP contribution >= 0.6 is 0 Å². The second-order valence-electron chi connectivity index (χ2n) is 8.56. The standard InChI is InChI=1S/C27H23N5O/c1-16(2)29-20-10-19(13-28-14-20)17-6-7-25-23(11-17)27(32-31-25)26-12-22-21(18-8-9-33-15-18)4-3-5-24(22)30-26/h3-16,29-30H,1-2H3,(H,31,32). The van der Waals surface area contributed by atoms with Crippen molar-refractivity contribution in [2.75, 3.05) is 5.32 Å². The number of hydrogen-bond acceptors (Lipinski definition) is 4. The Morgan fingerprint density at radius 3 is 2.67 bits per heavy atom. The number of aromatic amines is 2. The molecule has 2 aromatic carbocycles. The van der Waals surface area contributed by atoms with Crippen LogP contribution in [0.3, 0.4) is 0 Å². The van der Waals surface area contributed by atoms with Gasteiger partial charge in [0.15, 0.2) is 0 Å². The number of pyridine rings is 1. The molecular weight excluding hydrogens is 410 g/mol. The summed E-state index contributed by atoms with van der Waals surface area (Å²) in [6.07, 6.45) is 7.22. The molecule has 0 bridgehead atoms. The van der Waals surface area contributed by atoms with E-state index in [0.717, 1.165) is 61.1 Å². The lowest BCUT2D eigenvalue weighted by molar-refractivity contribution is 0.568. The molecule has 4 aromatic heterocycles. The van der Waals surface area contributed by atoms with Gasteiger partial charge in [-0.15, -0.1) is 0 Å². The Balaban J connectivity index is 1.45. The smallest absolute Gasteiger partial charge is 0.116 e. The van der Waals surface area contributed by atoms with Crippen molar-refractivity contribution in [3.63, 3.8) is 0 Å². The molecule has 0 saturated heterocycles. The summed E-state index contributed by atoms with van der Waals surface area (Å²) >= 11 is 0. The molecule has 0 spiro atoms. The number of hydrogen-bond donors (Lipinski definition) is 3. The molecule has 6 nitrogen and oxygen atoms in total. The maximum absolute atomic E-state index is 5.30. The number of benzene rings is 2. The van der Waals surface area contributed by atoms with Crippen molar-refractivity contribution in [2.45, 2.75) is 19.9 Å². The van der Waals surface area contributed by atoms with E-state index in [-0.39, 0.29) is 0 Å². The van der Waals surface area contributed by atoms with E-state index in [0.29, 0.717) is 6.04 Å². The van der Waals surface area contributed by atoms with Crippen LogP contribution < -0.4 is 5.32 Å². The summed E-state index contributed by atoms with van der Waals surface area (Å²) in [6, 6.07) is 19.2. The molecule has 0 atom stereocenters. The Labute approximate surface area is 190 Å². The van der Waals surface area contributed by atoms with Crippen LogP contribution in [0.4, 0.5) is 5.69 Å². The largest absolute Gasteiger partial charge is 0.472 e. The number of furan rings is 1. The lowest BCUT2D eigenvalue weighted by Crippen LogP contribution is -2.09. The molecule has 0 unspecified atom stereocenters. The van der Waals surface area contributed by atoms with E-state index in [4.69, 9.17) is 4.42 Å². The number of rotatable bonds is 5. The summed E-state index contributed by atoms with van der Waals surface area (Å²) in [5.74, 6) is 0. The van der Waals surface area contributed by atoms with Crippen LogP contribution in [0, 0.1) is 0 Å². The summed E-state index contributed by atoms with van der Waals surface area (Å²) in [4.78, 5) is 7.97. The van der Waals surface area contributed by atoms with Crippen molar-refractivity contribution in [3.05, 3.63) is 79.5 Å². The van der Waals surface area contributed by atoms with Crippen molar-refractivity contribution < 1.29 is 4.42 Å². The van der Waals surface area contributed by atoms with Gasteiger partial charge >= 0.3 is 0 Å². The second kappa shape index (κ2) is 7.67. The molecule has 0 saturated carbocycles. The van der Waals surface area contributed by atoms with Gasteiger partial charge in [-0.2, -0.15) is 5.10 Å². The van der Waals surface area contributed by atoms with Crippen LogP contribution in [0.5, 0.6) is 0 Å². The SMILES string of the molecule is CC(C)Nc1cncc(-c2ccc3[nH]nc(-c4cc5c(-c6ccoc6)cccc5[nH]4)c3c2)c1. The Morgan fingerprint density at radius 1 is 0.879 bits per heavy atom. The quantitative estimate of drug-likeness (QED) is 0.277. The summed E-state index contributed by atoms with van der Waals surface area (Å²) in [5, 5.41) is 13.4. The van der Waals surface area contributed by atoms with Gasteiger partial charge in [0.25, 0.3) is 0 Å². The van der Waals surface area contributed by atoms with E-state index < -0.39 is 0 Å². The van der Waals surface area contributed by atoms with E-state index in [1.165, 1.54) is 0 Å². The molecule has 0 aliphatic rings. The van der Waals surface area contributed by atoms with Gasteiger partial charge in [0.1, 0.15) is 5.69 Å². The maximum Gasteiger partial charge on any atom is 0.116 e. The normalized spacial score (nSPS) is 11.6. The highest BCUT2D eigenvalue weighted by atomic mass is 16.3. The first kappa shape index (κ1) is 19.4. The van der Waals surface area contributed by atoms with Crippen LogP contribution in [0.2, 0.25) is 0 Å². The van der Waals surface area contributed by atoms with Gasteiger partial charge in [-0.25, -0.2) is 0 Å². The van der Waals surface area contributed by atoms with Crippen molar-refractivity contribution in [2.24, 2.45) is 0 Å². The molecule has 6 aromatic rings. The summed E-state index contributed by atoms with van der Waals surface area (Å²) in [5.41, 5.74) is 9.28. The van der Waals surface area contributed by atoms with Gasteiger partial charge in [0.05, 0.1) is 29.4 Å². The number of aromatic nitrogens is 4. The summed E-state index contributed by atoms with van der Waals surface area (Å²) < 4.78 is 5.30. The van der Waals surface area contributed by atoms with Crippen molar-refractivity contribution >= 4 is 27.5 Å². The molecule has 4 heterocycles. The zero-order valence-corrected chi connectivity index (χ0v) is 18.4. The summed E-state index contributed by atoms with van der Waals surface area (Å²) in [6.45, 7) is 4.24. The Morgan fingerprint density at radius 2 is 1.82 bits per heavy atom. The van der Waals surface area contributed by atoms with Crippen LogP contribution in [0.1, 0.15) is 13.8 Å². The maximum atomic E-state index is 5.30. The Hall–Kier alpha value is -4.32. The van der Waals surface area contributed by atoms with Gasteiger partial charge < -0.3 is 14.7 Å². The van der Waals surface area contributed by atoms with Crippen LogP contribution in [-0.4, -0.2) is 26.2 Å². The minimum atomic E-state index is 0.346. The molecule has 33 heavy (non-hydrogen) atoms. The highest BCUT2D eigenvalue weighted by Gasteiger charge is 2.15. The van der Waals surface area contributed by atoms with E-state index in [9.17, 15) is 0 Å². The second-order valence-corrected chi connectivity index (χ2v) is 8.56. The lowest BCUT2D eigenvalue weighted by Gasteiger charge is -2.11. The van der Waals surface area contributed by atoms with Crippen molar-refractivity contribution in [3.8, 4) is 33.6 Å². The van der Waals surface area contributed by atoms with Crippen molar-refractivity contribution in [1.29, 1.82) is 0 Å². The molecule has 0 amide bonds. The van der Waals surface area contributed by atoms with E-state index in [1.807, 2.05) is 18.5 Å². The van der Waals surface area contributed by atoms with Crippen LogP contribution in [0.15, 0.2) is 83.9 Å². The molecule has 6 heteroatoms. The molecule has 0 aliphatic heterocycles. The molecule has 3 N–H and O–H groups in total. The average molecular weight is 434 g/mol. The van der Waals surface area contributed by atoms with E-state index >= 15 is 0 Å². The number of fused-ring (bicyclic) bond motifs is 2. The minimum Gasteiger partial charge on any atom is -0.472 e. The summed E-state index contributed by atoms with van der Waals surface area (Å²) in [7, 11) is 0. The number of nitrogens with one attached hydrogen (secondary N) is 3. The molecule has 0 aliphatic carbocycles. The van der Waals surface area contributed by atoms with Gasteiger partial charge in [-0.05, 0) is 61.4 Å². The number of H-pyrrole nitrogens is 2. The first-order valence-electron chi connectivity index (χ1n) is 11.0. The average Bonchev–Trinajstić information content (AvgIpc) is 3.57. The molecule has 0 radical (unpaired) electrons. The third-order valence-corrected chi connectivity index (χ3v) is 5.84.